The van der Waals surface area contributed by atoms with Gasteiger partial charge in [0.15, 0.2) is 0 Å². The topological polar surface area (TPSA) is 20.2 Å². The molecule has 1 nitrogen and oxygen atoms in total. The first-order valence-corrected chi connectivity index (χ1v) is 4.74. The van der Waals surface area contributed by atoms with Gasteiger partial charge in [-0.15, -0.1) is 0 Å². The van der Waals surface area contributed by atoms with Crippen molar-refractivity contribution in [3.8, 4) is 0 Å². The average molecular weight is 168 g/mol. The van der Waals surface area contributed by atoms with Crippen LogP contribution in [0.3, 0.4) is 0 Å². The zero-order valence-electron chi connectivity index (χ0n) is 8.21. The maximum Gasteiger partial charge on any atom is 0.0642 e. The number of rotatable bonds is 6. The minimum absolute atomic E-state index is 0.166. The van der Waals surface area contributed by atoms with Crippen LogP contribution in [0.1, 0.15) is 39.5 Å². The zero-order chi connectivity index (χ0) is 9.23. The first-order valence-electron chi connectivity index (χ1n) is 4.74. The van der Waals surface area contributed by atoms with Crippen LogP contribution in [0, 0.1) is 0 Å². The van der Waals surface area contributed by atoms with E-state index in [1.807, 2.05) is 19.1 Å². The highest BCUT2D eigenvalue weighted by Crippen LogP contribution is 2.00. The van der Waals surface area contributed by atoms with Crippen LogP contribution in [-0.2, 0) is 0 Å². The fraction of sp³-hybridized carbons (Fsp3) is 0.636. The summed E-state index contributed by atoms with van der Waals surface area (Å²) in [5, 5.41) is 8.67. The lowest BCUT2D eigenvalue weighted by atomic mass is 10.2. The molecule has 0 unspecified atom stereocenters. The number of aliphatic hydroxyl groups is 1. The van der Waals surface area contributed by atoms with E-state index in [0.717, 1.165) is 12.0 Å². The van der Waals surface area contributed by atoms with Crippen LogP contribution in [0.5, 0.6) is 0 Å². The van der Waals surface area contributed by atoms with E-state index < -0.39 is 0 Å². The summed E-state index contributed by atoms with van der Waals surface area (Å²) in [5.74, 6) is 0. The summed E-state index contributed by atoms with van der Waals surface area (Å²) in [6.07, 6.45) is 11.2. The van der Waals surface area contributed by atoms with E-state index in [0.29, 0.717) is 0 Å². The van der Waals surface area contributed by atoms with Crippen molar-refractivity contribution in [1.29, 1.82) is 0 Å². The molecule has 12 heavy (non-hydrogen) atoms. The lowest BCUT2D eigenvalue weighted by molar-refractivity contribution is 0.331. The van der Waals surface area contributed by atoms with Gasteiger partial charge in [-0.3, -0.25) is 0 Å². The van der Waals surface area contributed by atoms with Gasteiger partial charge in [0.2, 0.25) is 0 Å². The Bertz CT molecular complexity index is 145. The molecule has 0 spiro atoms. The van der Waals surface area contributed by atoms with Gasteiger partial charge in [-0.1, -0.05) is 38.0 Å². The predicted molar refractivity (Wildman–Crippen MR) is 54.1 cm³/mol. The number of aliphatic hydroxyl groups excluding tert-OH is 1. The molecule has 1 heteroatoms. The van der Waals surface area contributed by atoms with Crippen LogP contribution in [0.4, 0.5) is 0 Å². The Morgan fingerprint density at radius 1 is 1.33 bits per heavy atom. The minimum Gasteiger partial charge on any atom is -0.392 e. The molecule has 0 aliphatic heterocycles. The predicted octanol–water partition coefficient (Wildman–Crippen LogP) is 3.06. The Balaban J connectivity index is 3.36. The van der Waals surface area contributed by atoms with Crippen molar-refractivity contribution in [2.75, 3.05) is 6.61 Å². The fourth-order valence-electron chi connectivity index (χ4n) is 0.893. The van der Waals surface area contributed by atoms with Crippen molar-refractivity contribution in [2.45, 2.75) is 39.5 Å². The van der Waals surface area contributed by atoms with Crippen LogP contribution >= 0.6 is 0 Å². The fourth-order valence-corrected chi connectivity index (χ4v) is 0.893. The van der Waals surface area contributed by atoms with Gasteiger partial charge in [0.1, 0.15) is 0 Å². The molecule has 0 aromatic heterocycles. The largest absolute Gasteiger partial charge is 0.392 e. The van der Waals surface area contributed by atoms with Crippen LogP contribution in [0.2, 0.25) is 0 Å². The molecule has 0 aliphatic rings. The molecule has 70 valence electrons. The van der Waals surface area contributed by atoms with Gasteiger partial charge < -0.3 is 5.11 Å². The summed E-state index contributed by atoms with van der Waals surface area (Å²) in [5.41, 5.74) is 1.02. The lowest BCUT2D eigenvalue weighted by Gasteiger charge is -1.91. The van der Waals surface area contributed by atoms with Gasteiger partial charge in [-0.25, -0.2) is 0 Å². The molecule has 0 aliphatic carbocycles. The third-order valence-corrected chi connectivity index (χ3v) is 1.74. The molecular formula is C11H20O. The Morgan fingerprint density at radius 2 is 2.08 bits per heavy atom. The summed E-state index contributed by atoms with van der Waals surface area (Å²) in [6, 6.07) is 0. The van der Waals surface area contributed by atoms with Crippen molar-refractivity contribution in [1.82, 2.24) is 0 Å². The van der Waals surface area contributed by atoms with E-state index >= 15 is 0 Å². The molecule has 1 N–H and O–H groups in total. The van der Waals surface area contributed by atoms with Crippen LogP contribution in [0.15, 0.2) is 23.8 Å². The summed E-state index contributed by atoms with van der Waals surface area (Å²) in [4.78, 5) is 0. The lowest BCUT2D eigenvalue weighted by Crippen LogP contribution is -1.81. The zero-order valence-corrected chi connectivity index (χ0v) is 8.21. The van der Waals surface area contributed by atoms with Gasteiger partial charge >= 0.3 is 0 Å². The summed E-state index contributed by atoms with van der Waals surface area (Å²) >= 11 is 0. The second kappa shape index (κ2) is 8.54. The minimum atomic E-state index is 0.166. The Kier molecular flexibility index (Phi) is 8.14. The van der Waals surface area contributed by atoms with Crippen LogP contribution < -0.4 is 0 Å². The molecule has 0 radical (unpaired) electrons. The smallest absolute Gasteiger partial charge is 0.0642 e. The van der Waals surface area contributed by atoms with Crippen molar-refractivity contribution < 1.29 is 5.11 Å². The quantitative estimate of drug-likeness (QED) is 0.477. The molecule has 0 heterocycles. The maximum atomic E-state index is 8.67. The second-order valence-electron chi connectivity index (χ2n) is 3.10. The Morgan fingerprint density at radius 3 is 2.67 bits per heavy atom. The number of hydrogen-bond acceptors (Lipinski definition) is 1. The van der Waals surface area contributed by atoms with E-state index in [-0.39, 0.29) is 6.61 Å². The molecule has 0 saturated heterocycles. The van der Waals surface area contributed by atoms with Gasteiger partial charge in [0.25, 0.3) is 0 Å². The van der Waals surface area contributed by atoms with Gasteiger partial charge in [0.05, 0.1) is 6.61 Å². The molecule has 0 fully saturated rings. The van der Waals surface area contributed by atoms with Crippen molar-refractivity contribution in [2.24, 2.45) is 0 Å². The van der Waals surface area contributed by atoms with Crippen LogP contribution in [-0.4, -0.2) is 11.7 Å². The number of unbranched alkanes of at least 4 members (excludes halogenated alkanes) is 3. The molecule has 0 rings (SSSR count). The highest BCUT2D eigenvalue weighted by molar-refractivity contribution is 5.10. The molecular weight excluding hydrogens is 148 g/mol. The molecule has 0 aromatic rings. The first kappa shape index (κ1) is 11.4. The summed E-state index contributed by atoms with van der Waals surface area (Å²) in [7, 11) is 0. The van der Waals surface area contributed by atoms with E-state index in [1.54, 1.807) is 0 Å². The Labute approximate surface area is 75.8 Å². The Hall–Kier alpha value is -0.560. The standard InChI is InChI=1S/C11H20O/c1-3-4-5-6-7-8-9-11(2)10-12/h7-9,12H,3-6,10H2,1-2H3. The van der Waals surface area contributed by atoms with E-state index in [4.69, 9.17) is 5.11 Å². The molecule has 0 bridgehead atoms. The number of hydrogen-bond donors (Lipinski definition) is 1. The highest BCUT2D eigenvalue weighted by Gasteiger charge is 1.81. The average Bonchev–Trinajstić information content (AvgIpc) is 2.10. The molecule has 0 saturated carbocycles. The van der Waals surface area contributed by atoms with Crippen LogP contribution in [0.25, 0.3) is 0 Å². The summed E-state index contributed by atoms with van der Waals surface area (Å²) in [6.45, 7) is 4.30. The third-order valence-electron chi connectivity index (χ3n) is 1.74. The summed E-state index contributed by atoms with van der Waals surface area (Å²) < 4.78 is 0. The maximum absolute atomic E-state index is 8.67. The normalized spacial score (nSPS) is 12.8. The van der Waals surface area contributed by atoms with Crippen molar-refractivity contribution in [3.05, 3.63) is 23.8 Å². The van der Waals surface area contributed by atoms with E-state index in [1.165, 1.54) is 19.3 Å². The van der Waals surface area contributed by atoms with Crippen molar-refractivity contribution in [3.63, 3.8) is 0 Å². The van der Waals surface area contributed by atoms with E-state index in [9.17, 15) is 0 Å². The number of allylic oxidation sites excluding steroid dienone is 3. The monoisotopic (exact) mass is 168 g/mol. The SMILES string of the molecule is CCCCCC=CC=C(C)CO. The second-order valence-corrected chi connectivity index (χ2v) is 3.10. The molecule has 0 atom stereocenters. The highest BCUT2D eigenvalue weighted by atomic mass is 16.3. The third kappa shape index (κ3) is 7.55. The van der Waals surface area contributed by atoms with Gasteiger partial charge in [0, 0.05) is 0 Å². The molecule has 0 aromatic carbocycles. The van der Waals surface area contributed by atoms with E-state index in [2.05, 4.69) is 13.0 Å². The van der Waals surface area contributed by atoms with Crippen molar-refractivity contribution >= 4 is 0 Å². The van der Waals surface area contributed by atoms with Gasteiger partial charge in [-0.05, 0) is 25.3 Å². The first-order chi connectivity index (χ1) is 5.81. The molecule has 0 amide bonds. The van der Waals surface area contributed by atoms with Gasteiger partial charge in [-0.2, -0.15) is 0 Å².